The molecule has 1 saturated heterocycles. The maximum absolute atomic E-state index is 13.1. The molecule has 1 amide bonds. The minimum atomic E-state index is -3.31. The smallest absolute Gasteiger partial charge is 0.252 e. The monoisotopic (exact) mass is 448 g/mol. The van der Waals surface area contributed by atoms with Crippen molar-refractivity contribution in [3.05, 3.63) is 107 Å². The first kappa shape index (κ1) is 22.2. The summed E-state index contributed by atoms with van der Waals surface area (Å²) in [4.78, 5) is 13.1. The first-order chi connectivity index (χ1) is 15.4. The highest BCUT2D eigenvalue weighted by Gasteiger charge is 2.25. The Bertz CT molecular complexity index is 1170. The van der Waals surface area contributed by atoms with Crippen molar-refractivity contribution in [3.8, 4) is 0 Å². The van der Waals surface area contributed by atoms with E-state index in [-0.39, 0.29) is 17.7 Å². The number of rotatable bonds is 7. The minimum Gasteiger partial charge on any atom is -0.341 e. The van der Waals surface area contributed by atoms with Crippen LogP contribution in [0.25, 0.3) is 0 Å². The molecule has 1 fully saturated rings. The molecule has 0 aliphatic carbocycles. The van der Waals surface area contributed by atoms with Crippen LogP contribution in [0.3, 0.4) is 0 Å². The third-order valence-electron chi connectivity index (χ3n) is 5.93. The van der Waals surface area contributed by atoms with Crippen LogP contribution in [0.2, 0.25) is 0 Å². The second-order valence-electron chi connectivity index (χ2n) is 8.23. The van der Waals surface area contributed by atoms with Crippen molar-refractivity contribution in [2.75, 3.05) is 13.1 Å². The second-order valence-corrected chi connectivity index (χ2v) is 10.2. The van der Waals surface area contributed by atoms with Gasteiger partial charge in [0.15, 0.2) is 0 Å². The molecule has 0 saturated carbocycles. The van der Waals surface area contributed by atoms with E-state index in [2.05, 4.69) is 5.32 Å². The maximum Gasteiger partial charge on any atom is 0.252 e. The van der Waals surface area contributed by atoms with E-state index in [0.717, 1.165) is 29.5 Å². The van der Waals surface area contributed by atoms with Gasteiger partial charge in [-0.05, 0) is 54.2 Å². The fourth-order valence-electron chi connectivity index (χ4n) is 4.13. The summed E-state index contributed by atoms with van der Waals surface area (Å²) in [6, 6.07) is 24.5. The fourth-order valence-corrected chi connectivity index (χ4v) is 5.74. The molecule has 3 aromatic rings. The summed E-state index contributed by atoms with van der Waals surface area (Å²) >= 11 is 0. The van der Waals surface area contributed by atoms with Gasteiger partial charge in [-0.1, -0.05) is 66.7 Å². The summed E-state index contributed by atoms with van der Waals surface area (Å²) in [5.41, 5.74) is 4.33. The van der Waals surface area contributed by atoms with Gasteiger partial charge in [-0.3, -0.25) is 4.79 Å². The van der Waals surface area contributed by atoms with E-state index in [9.17, 15) is 13.2 Å². The molecule has 0 aromatic heterocycles. The van der Waals surface area contributed by atoms with Crippen LogP contribution in [0.15, 0.2) is 78.9 Å². The van der Waals surface area contributed by atoms with Gasteiger partial charge < -0.3 is 5.32 Å². The maximum atomic E-state index is 13.1. The number of amides is 1. The highest BCUT2D eigenvalue weighted by Crippen LogP contribution is 2.25. The van der Waals surface area contributed by atoms with Gasteiger partial charge in [0.1, 0.15) is 0 Å². The molecule has 1 unspecified atom stereocenters. The second kappa shape index (κ2) is 9.67. The Kier molecular flexibility index (Phi) is 6.72. The van der Waals surface area contributed by atoms with Gasteiger partial charge >= 0.3 is 0 Å². The molecular weight excluding hydrogens is 420 g/mol. The Labute approximate surface area is 190 Å². The standard InChI is InChI=1S/C26H28N2O3S/c1-20-9-5-6-12-24(20)25(22-10-3-2-4-11-22)27-26(29)23-15-13-21(14-16-23)19-32(30,31)28-17-7-8-18-28/h2-6,9-16,25H,7-8,17-19H2,1H3,(H,27,29). The largest absolute Gasteiger partial charge is 0.341 e. The van der Waals surface area contributed by atoms with Gasteiger partial charge in [0.25, 0.3) is 5.91 Å². The lowest BCUT2D eigenvalue weighted by molar-refractivity contribution is 0.0943. The van der Waals surface area contributed by atoms with E-state index >= 15 is 0 Å². The van der Waals surface area contributed by atoms with Crippen LogP contribution in [0.4, 0.5) is 0 Å². The van der Waals surface area contributed by atoms with Gasteiger partial charge in [0, 0.05) is 18.7 Å². The van der Waals surface area contributed by atoms with Crippen molar-refractivity contribution in [2.45, 2.75) is 31.6 Å². The van der Waals surface area contributed by atoms with Crippen LogP contribution in [-0.4, -0.2) is 31.7 Å². The lowest BCUT2D eigenvalue weighted by Gasteiger charge is -2.22. The highest BCUT2D eigenvalue weighted by molar-refractivity contribution is 7.88. The normalized spacial score (nSPS) is 15.4. The van der Waals surface area contributed by atoms with Gasteiger partial charge in [-0.2, -0.15) is 0 Å². The summed E-state index contributed by atoms with van der Waals surface area (Å²) in [6.45, 7) is 3.23. The Morgan fingerprint density at radius 2 is 1.53 bits per heavy atom. The fraction of sp³-hybridized carbons (Fsp3) is 0.269. The topological polar surface area (TPSA) is 66.5 Å². The van der Waals surface area contributed by atoms with E-state index in [4.69, 9.17) is 0 Å². The number of carbonyl (C=O) groups excluding carboxylic acids is 1. The quantitative estimate of drug-likeness (QED) is 0.581. The van der Waals surface area contributed by atoms with Gasteiger partial charge in [-0.25, -0.2) is 12.7 Å². The molecule has 0 radical (unpaired) electrons. The number of aryl methyl sites for hydroxylation is 1. The molecule has 1 aliphatic rings. The number of sulfonamides is 1. The van der Waals surface area contributed by atoms with Crippen LogP contribution in [0.5, 0.6) is 0 Å². The molecule has 0 bridgehead atoms. The molecule has 3 aromatic carbocycles. The van der Waals surface area contributed by atoms with Crippen LogP contribution < -0.4 is 5.32 Å². The van der Waals surface area contributed by atoms with E-state index in [1.807, 2.05) is 61.5 Å². The first-order valence-electron chi connectivity index (χ1n) is 10.9. The van der Waals surface area contributed by atoms with Crippen LogP contribution in [0, 0.1) is 6.92 Å². The van der Waals surface area contributed by atoms with E-state index in [1.165, 1.54) is 0 Å². The number of nitrogens with zero attached hydrogens (tertiary/aromatic N) is 1. The zero-order valence-corrected chi connectivity index (χ0v) is 19.0. The molecule has 4 rings (SSSR count). The average Bonchev–Trinajstić information content (AvgIpc) is 3.35. The number of hydrogen-bond donors (Lipinski definition) is 1. The van der Waals surface area contributed by atoms with Crippen LogP contribution >= 0.6 is 0 Å². The van der Waals surface area contributed by atoms with Crippen molar-refractivity contribution in [2.24, 2.45) is 0 Å². The predicted octanol–water partition coefficient (Wildman–Crippen LogP) is 4.44. The van der Waals surface area contributed by atoms with E-state index < -0.39 is 10.0 Å². The Hall–Kier alpha value is -2.96. The Morgan fingerprint density at radius 3 is 2.19 bits per heavy atom. The van der Waals surface area contributed by atoms with Crippen molar-refractivity contribution in [1.82, 2.24) is 9.62 Å². The van der Waals surface area contributed by atoms with E-state index in [0.29, 0.717) is 24.2 Å². The molecule has 1 heterocycles. The zero-order chi connectivity index (χ0) is 22.6. The number of nitrogens with one attached hydrogen (secondary N) is 1. The zero-order valence-electron chi connectivity index (χ0n) is 18.2. The molecular formula is C26H28N2O3S. The van der Waals surface area contributed by atoms with Crippen molar-refractivity contribution in [3.63, 3.8) is 0 Å². The van der Waals surface area contributed by atoms with Crippen molar-refractivity contribution >= 4 is 15.9 Å². The van der Waals surface area contributed by atoms with Crippen molar-refractivity contribution in [1.29, 1.82) is 0 Å². The molecule has 6 heteroatoms. The van der Waals surface area contributed by atoms with Crippen LogP contribution in [0.1, 0.15) is 51.5 Å². The number of benzene rings is 3. The molecule has 0 spiro atoms. The summed E-state index contributed by atoms with van der Waals surface area (Å²) < 4.78 is 26.7. The first-order valence-corrected chi connectivity index (χ1v) is 12.5. The molecule has 1 N–H and O–H groups in total. The lowest BCUT2D eigenvalue weighted by atomic mass is 9.94. The predicted molar refractivity (Wildman–Crippen MR) is 127 cm³/mol. The summed E-state index contributed by atoms with van der Waals surface area (Å²) in [5, 5.41) is 3.15. The number of carbonyl (C=O) groups is 1. The molecule has 1 aliphatic heterocycles. The molecule has 1 atom stereocenters. The Balaban J connectivity index is 1.52. The third-order valence-corrected chi connectivity index (χ3v) is 7.78. The molecule has 5 nitrogen and oxygen atoms in total. The lowest BCUT2D eigenvalue weighted by Crippen LogP contribution is -2.30. The third kappa shape index (κ3) is 5.09. The van der Waals surface area contributed by atoms with Crippen LogP contribution in [-0.2, 0) is 15.8 Å². The Morgan fingerprint density at radius 1 is 0.906 bits per heavy atom. The van der Waals surface area contributed by atoms with Gasteiger partial charge in [-0.15, -0.1) is 0 Å². The molecule has 166 valence electrons. The van der Waals surface area contributed by atoms with Crippen molar-refractivity contribution < 1.29 is 13.2 Å². The summed E-state index contributed by atoms with van der Waals surface area (Å²) in [5.74, 6) is -0.235. The number of hydrogen-bond acceptors (Lipinski definition) is 3. The van der Waals surface area contributed by atoms with E-state index in [1.54, 1.807) is 28.6 Å². The summed E-state index contributed by atoms with van der Waals surface area (Å²) in [6.07, 6.45) is 1.84. The molecule has 32 heavy (non-hydrogen) atoms. The average molecular weight is 449 g/mol. The summed E-state index contributed by atoms with van der Waals surface area (Å²) in [7, 11) is -3.31. The van der Waals surface area contributed by atoms with Gasteiger partial charge in [0.05, 0.1) is 11.8 Å². The minimum absolute atomic E-state index is 0.0370. The highest BCUT2D eigenvalue weighted by atomic mass is 32.2. The van der Waals surface area contributed by atoms with Gasteiger partial charge in [0.2, 0.25) is 10.0 Å². The SMILES string of the molecule is Cc1ccccc1C(NC(=O)c1ccc(CS(=O)(=O)N2CCCC2)cc1)c1ccccc1.